The highest BCUT2D eigenvalue weighted by Gasteiger charge is 2.33. The molecule has 8 nitrogen and oxygen atoms in total. The molecule has 1 aliphatic heterocycles. The molecule has 1 saturated heterocycles. The molecule has 0 spiro atoms. The summed E-state index contributed by atoms with van der Waals surface area (Å²) in [6.45, 7) is 5.23. The van der Waals surface area contributed by atoms with Gasteiger partial charge in [-0.15, -0.1) is 0 Å². The predicted octanol–water partition coefficient (Wildman–Crippen LogP) is 1.72. The second-order valence-corrected chi connectivity index (χ2v) is 7.57. The zero-order valence-corrected chi connectivity index (χ0v) is 17.0. The Morgan fingerprint density at radius 3 is 2.45 bits per heavy atom. The minimum atomic E-state index is -0.968. The van der Waals surface area contributed by atoms with Gasteiger partial charge in [-0.05, 0) is 46.1 Å². The van der Waals surface area contributed by atoms with E-state index in [-0.39, 0.29) is 36.8 Å². The summed E-state index contributed by atoms with van der Waals surface area (Å²) in [5.41, 5.74) is -0.445. The van der Waals surface area contributed by atoms with Crippen molar-refractivity contribution in [3.63, 3.8) is 0 Å². The topological polar surface area (TPSA) is 102 Å². The van der Waals surface area contributed by atoms with Crippen LogP contribution in [0.25, 0.3) is 10.8 Å². The van der Waals surface area contributed by atoms with Crippen molar-refractivity contribution >= 4 is 22.6 Å². The number of rotatable bonds is 5. The lowest BCUT2D eigenvalue weighted by Gasteiger charge is -2.40. The number of hydrogen-bond donors (Lipinski definition) is 1. The lowest BCUT2D eigenvalue weighted by molar-refractivity contribution is -0.146. The number of nitrogens with zero attached hydrogens (tertiary/aromatic N) is 3. The van der Waals surface area contributed by atoms with Gasteiger partial charge in [-0.2, -0.15) is 5.10 Å². The van der Waals surface area contributed by atoms with Crippen molar-refractivity contribution in [2.24, 2.45) is 0 Å². The Labute approximate surface area is 169 Å². The van der Waals surface area contributed by atoms with Crippen LogP contribution in [0.2, 0.25) is 0 Å². The molecule has 8 heteroatoms. The molecule has 1 N–H and O–H groups in total. The Balaban J connectivity index is 1.88. The maximum Gasteiger partial charge on any atom is 0.360 e. The maximum atomic E-state index is 12.9. The third-order valence-electron chi connectivity index (χ3n) is 5.45. The van der Waals surface area contributed by atoms with Gasteiger partial charge in [0.2, 0.25) is 0 Å². The number of carbonyl (C=O) groups excluding carboxylic acids is 2. The van der Waals surface area contributed by atoms with Gasteiger partial charge in [-0.3, -0.25) is 9.59 Å². The number of aromatic nitrogens is 2. The fourth-order valence-electron chi connectivity index (χ4n) is 3.96. The van der Waals surface area contributed by atoms with Crippen LogP contribution in [0.5, 0.6) is 0 Å². The van der Waals surface area contributed by atoms with Crippen LogP contribution < -0.4 is 5.56 Å². The minimum Gasteiger partial charge on any atom is -0.448 e. The first kappa shape index (κ1) is 21.0. The summed E-state index contributed by atoms with van der Waals surface area (Å²) < 4.78 is 6.50. The molecular weight excluding hydrogens is 374 g/mol. The van der Waals surface area contributed by atoms with E-state index in [9.17, 15) is 19.5 Å². The van der Waals surface area contributed by atoms with Crippen molar-refractivity contribution in [1.29, 1.82) is 0 Å². The average molecular weight is 401 g/mol. The normalized spacial score (nSPS) is 20.5. The van der Waals surface area contributed by atoms with Crippen LogP contribution in [0.3, 0.4) is 0 Å². The number of likely N-dealkylation sites (tertiary alicyclic amines) is 1. The highest BCUT2D eigenvalue weighted by molar-refractivity contribution is 6.02. The van der Waals surface area contributed by atoms with Crippen LogP contribution in [0.1, 0.15) is 50.5 Å². The van der Waals surface area contributed by atoms with Gasteiger partial charge >= 0.3 is 5.97 Å². The Bertz CT molecular complexity index is 960. The number of hydrogen-bond acceptors (Lipinski definition) is 6. The van der Waals surface area contributed by atoms with E-state index in [1.165, 1.54) is 0 Å². The van der Waals surface area contributed by atoms with E-state index in [2.05, 4.69) is 5.10 Å². The van der Waals surface area contributed by atoms with E-state index in [4.69, 9.17) is 4.74 Å². The zero-order valence-electron chi connectivity index (χ0n) is 17.0. The fraction of sp³-hybridized carbons (Fsp3) is 0.524. The SMILES string of the molecule is C[C@@H]1CCC[C@H](C)N1C(=O)[C@@H](C)OC(=O)c1nn(CCO)c(=O)c2ccccc12. The molecule has 2 aromatic rings. The molecule has 0 unspecified atom stereocenters. The highest BCUT2D eigenvalue weighted by atomic mass is 16.5. The largest absolute Gasteiger partial charge is 0.448 e. The Morgan fingerprint density at radius 1 is 1.21 bits per heavy atom. The van der Waals surface area contributed by atoms with Crippen molar-refractivity contribution in [2.45, 2.75) is 64.8 Å². The number of amides is 1. The summed E-state index contributed by atoms with van der Waals surface area (Å²) >= 11 is 0. The molecule has 1 aliphatic rings. The molecule has 29 heavy (non-hydrogen) atoms. The van der Waals surface area contributed by atoms with Crippen molar-refractivity contribution in [3.05, 3.63) is 40.3 Å². The fourth-order valence-corrected chi connectivity index (χ4v) is 3.96. The van der Waals surface area contributed by atoms with Gasteiger partial charge < -0.3 is 14.7 Å². The number of piperidine rings is 1. The average Bonchev–Trinajstić information content (AvgIpc) is 2.70. The number of fused-ring (bicyclic) bond motifs is 1. The number of aliphatic hydroxyl groups excluding tert-OH is 1. The molecule has 2 heterocycles. The minimum absolute atomic E-state index is 0.0404. The van der Waals surface area contributed by atoms with Crippen LogP contribution in [-0.2, 0) is 16.1 Å². The van der Waals surface area contributed by atoms with Crippen LogP contribution in [0.4, 0.5) is 0 Å². The Morgan fingerprint density at radius 2 is 1.83 bits per heavy atom. The third kappa shape index (κ3) is 4.17. The van der Waals surface area contributed by atoms with Gasteiger partial charge in [0.15, 0.2) is 11.8 Å². The summed E-state index contributed by atoms with van der Waals surface area (Å²) in [6.07, 6.45) is 1.96. The summed E-state index contributed by atoms with van der Waals surface area (Å²) in [7, 11) is 0. The van der Waals surface area contributed by atoms with Crippen LogP contribution in [0.15, 0.2) is 29.1 Å². The van der Waals surface area contributed by atoms with Crippen LogP contribution >= 0.6 is 0 Å². The maximum absolute atomic E-state index is 12.9. The Hall–Kier alpha value is -2.74. The zero-order chi connectivity index (χ0) is 21.1. The summed E-state index contributed by atoms with van der Waals surface area (Å²) in [5, 5.41) is 13.9. The van der Waals surface area contributed by atoms with Gasteiger partial charge in [0.1, 0.15) is 0 Å². The lowest BCUT2D eigenvalue weighted by atomic mass is 9.97. The van der Waals surface area contributed by atoms with Gasteiger partial charge in [-0.25, -0.2) is 9.48 Å². The molecule has 1 amide bonds. The van der Waals surface area contributed by atoms with Gasteiger partial charge in [0.05, 0.1) is 18.5 Å². The molecule has 3 rings (SSSR count). The predicted molar refractivity (Wildman–Crippen MR) is 108 cm³/mol. The molecule has 156 valence electrons. The Kier molecular flexibility index (Phi) is 6.32. The molecule has 3 atom stereocenters. The monoisotopic (exact) mass is 401 g/mol. The number of carbonyl (C=O) groups is 2. The van der Waals surface area contributed by atoms with E-state index in [1.807, 2.05) is 13.8 Å². The summed E-state index contributed by atoms with van der Waals surface area (Å²) in [4.78, 5) is 40.0. The molecule has 0 saturated carbocycles. The van der Waals surface area contributed by atoms with Crippen LogP contribution in [0, 0.1) is 0 Å². The quantitative estimate of drug-likeness (QED) is 0.766. The van der Waals surface area contributed by atoms with E-state index in [0.717, 1.165) is 23.9 Å². The van der Waals surface area contributed by atoms with Crippen molar-refractivity contribution in [2.75, 3.05) is 6.61 Å². The van der Waals surface area contributed by atoms with Crippen molar-refractivity contribution < 1.29 is 19.4 Å². The van der Waals surface area contributed by atoms with Gasteiger partial charge in [0.25, 0.3) is 11.5 Å². The molecule has 1 fully saturated rings. The molecule has 1 aromatic heterocycles. The van der Waals surface area contributed by atoms with E-state index < -0.39 is 17.6 Å². The lowest BCUT2D eigenvalue weighted by Crippen LogP contribution is -2.51. The highest BCUT2D eigenvalue weighted by Crippen LogP contribution is 2.24. The first-order valence-corrected chi connectivity index (χ1v) is 9.99. The number of aliphatic hydroxyl groups is 1. The first-order valence-electron chi connectivity index (χ1n) is 9.99. The third-order valence-corrected chi connectivity index (χ3v) is 5.45. The number of ether oxygens (including phenoxy) is 1. The van der Waals surface area contributed by atoms with E-state index in [1.54, 1.807) is 36.1 Å². The molecule has 1 aromatic carbocycles. The van der Waals surface area contributed by atoms with Crippen LogP contribution in [-0.4, -0.2) is 56.5 Å². The van der Waals surface area contributed by atoms with Gasteiger partial charge in [-0.1, -0.05) is 18.2 Å². The standard InChI is InChI=1S/C21H27N3O5/c1-13-7-6-8-14(2)24(13)19(26)15(3)29-21(28)18-16-9-4-5-10-17(16)20(27)23(22-18)11-12-25/h4-5,9-10,13-15,25H,6-8,11-12H2,1-3H3/t13-,14+,15-/m1/s1. The van der Waals surface area contributed by atoms with E-state index >= 15 is 0 Å². The van der Waals surface area contributed by atoms with Crippen molar-refractivity contribution in [3.8, 4) is 0 Å². The second-order valence-electron chi connectivity index (χ2n) is 7.57. The first-order chi connectivity index (χ1) is 13.8. The second kappa shape index (κ2) is 8.73. The number of esters is 1. The summed E-state index contributed by atoms with van der Waals surface area (Å²) in [5.74, 6) is -1.00. The number of benzene rings is 1. The van der Waals surface area contributed by atoms with Gasteiger partial charge in [0, 0.05) is 17.5 Å². The van der Waals surface area contributed by atoms with E-state index in [0.29, 0.717) is 10.8 Å². The molecule has 0 radical (unpaired) electrons. The summed E-state index contributed by atoms with van der Waals surface area (Å²) in [6, 6.07) is 6.78. The molecule has 0 aliphatic carbocycles. The van der Waals surface area contributed by atoms with Crippen molar-refractivity contribution in [1.82, 2.24) is 14.7 Å². The molecular formula is C21H27N3O5. The molecule has 0 bridgehead atoms. The smallest absolute Gasteiger partial charge is 0.360 e.